The predicted molar refractivity (Wildman–Crippen MR) is 99.3 cm³/mol. The number of carbonyl (C=O) groups excluding carboxylic acids is 2. The zero-order valence-corrected chi connectivity index (χ0v) is 15.3. The van der Waals surface area contributed by atoms with Crippen molar-refractivity contribution in [3.05, 3.63) is 58.8 Å². The van der Waals surface area contributed by atoms with Crippen LogP contribution in [0.1, 0.15) is 27.9 Å². The topological polar surface area (TPSA) is 81.4 Å². The predicted octanol–water partition coefficient (Wildman–Crippen LogP) is 4.07. The molecule has 0 atom stereocenters. The number of thiophene rings is 1. The molecule has 3 aromatic rings. The third-order valence-corrected chi connectivity index (χ3v) is 4.69. The molecule has 2 heterocycles. The van der Waals surface area contributed by atoms with Gasteiger partial charge >= 0.3 is 5.97 Å². The number of carbonyl (C=O) groups is 2. The number of rotatable bonds is 6. The number of ether oxygens (including phenoxy) is 1. The monoisotopic (exact) mass is 370 g/mol. The minimum absolute atomic E-state index is 0.0853. The van der Waals surface area contributed by atoms with Crippen LogP contribution in [0.2, 0.25) is 0 Å². The Morgan fingerprint density at radius 1 is 1.27 bits per heavy atom. The highest BCUT2D eigenvalue weighted by atomic mass is 32.1. The van der Waals surface area contributed by atoms with Gasteiger partial charge < -0.3 is 14.5 Å². The molecule has 7 heteroatoms. The summed E-state index contributed by atoms with van der Waals surface area (Å²) >= 11 is 1.20. The average Bonchev–Trinajstić information content (AvgIpc) is 3.22. The Balaban J connectivity index is 1.64. The van der Waals surface area contributed by atoms with E-state index in [1.165, 1.54) is 17.6 Å². The SMILES string of the molecule is CCOC(=O)c1sc(NC(=O)Cc2coc(-c3ccccc3)n2)cc1C. The van der Waals surface area contributed by atoms with Crippen molar-refractivity contribution in [2.75, 3.05) is 11.9 Å². The maximum atomic E-state index is 12.2. The van der Waals surface area contributed by atoms with Crippen molar-refractivity contribution in [2.45, 2.75) is 20.3 Å². The van der Waals surface area contributed by atoms with Crippen molar-refractivity contribution in [2.24, 2.45) is 0 Å². The lowest BCUT2D eigenvalue weighted by Gasteiger charge is -2.00. The Hall–Kier alpha value is -2.93. The number of anilines is 1. The summed E-state index contributed by atoms with van der Waals surface area (Å²) in [6, 6.07) is 11.2. The first-order chi connectivity index (χ1) is 12.6. The quantitative estimate of drug-likeness (QED) is 0.662. The Kier molecular flexibility index (Phi) is 5.48. The number of amides is 1. The van der Waals surface area contributed by atoms with Crippen LogP contribution in [-0.2, 0) is 16.0 Å². The minimum Gasteiger partial charge on any atom is -0.462 e. The molecule has 1 aromatic carbocycles. The highest BCUT2D eigenvalue weighted by Crippen LogP contribution is 2.27. The molecular formula is C19H18N2O4S. The standard InChI is InChI=1S/C19H18N2O4S/c1-3-24-19(23)17-12(2)9-16(26-17)21-15(22)10-14-11-25-18(20-14)13-7-5-4-6-8-13/h4-9,11H,3,10H2,1-2H3,(H,21,22). The number of nitrogens with one attached hydrogen (secondary N) is 1. The fourth-order valence-electron chi connectivity index (χ4n) is 2.39. The van der Waals surface area contributed by atoms with Crippen LogP contribution >= 0.6 is 11.3 Å². The molecule has 1 amide bonds. The summed E-state index contributed by atoms with van der Waals surface area (Å²) < 4.78 is 10.4. The molecule has 0 saturated heterocycles. The third-order valence-electron chi connectivity index (χ3n) is 3.56. The summed E-state index contributed by atoms with van der Waals surface area (Å²) in [7, 11) is 0. The summed E-state index contributed by atoms with van der Waals surface area (Å²) in [5.74, 6) is -0.126. The minimum atomic E-state index is -0.375. The maximum Gasteiger partial charge on any atom is 0.348 e. The Morgan fingerprint density at radius 3 is 2.77 bits per heavy atom. The van der Waals surface area contributed by atoms with Gasteiger partial charge in [0.05, 0.1) is 23.7 Å². The van der Waals surface area contributed by atoms with Crippen molar-refractivity contribution in [1.82, 2.24) is 4.98 Å². The second-order valence-electron chi connectivity index (χ2n) is 5.58. The number of aromatic nitrogens is 1. The fraction of sp³-hybridized carbons (Fsp3) is 0.211. The van der Waals surface area contributed by atoms with Gasteiger partial charge in [-0.3, -0.25) is 4.79 Å². The highest BCUT2D eigenvalue weighted by molar-refractivity contribution is 7.18. The Bertz CT molecular complexity index is 915. The van der Waals surface area contributed by atoms with Crippen molar-refractivity contribution in [3.8, 4) is 11.5 Å². The van der Waals surface area contributed by atoms with Crippen LogP contribution in [-0.4, -0.2) is 23.5 Å². The van der Waals surface area contributed by atoms with E-state index in [4.69, 9.17) is 9.15 Å². The number of nitrogens with zero attached hydrogens (tertiary/aromatic N) is 1. The third kappa shape index (κ3) is 4.18. The van der Waals surface area contributed by atoms with Gasteiger partial charge in [0, 0.05) is 5.56 Å². The van der Waals surface area contributed by atoms with E-state index in [0.717, 1.165) is 11.1 Å². The first kappa shape index (κ1) is 17.9. The van der Waals surface area contributed by atoms with E-state index < -0.39 is 0 Å². The van der Waals surface area contributed by atoms with Gasteiger partial charge in [0.1, 0.15) is 11.1 Å². The highest BCUT2D eigenvalue weighted by Gasteiger charge is 2.17. The number of oxazole rings is 1. The zero-order valence-electron chi connectivity index (χ0n) is 14.4. The van der Waals surface area contributed by atoms with Crippen LogP contribution in [0, 0.1) is 6.92 Å². The molecule has 0 unspecified atom stereocenters. The molecule has 0 saturated carbocycles. The van der Waals surface area contributed by atoms with Crippen LogP contribution in [0.15, 0.2) is 47.1 Å². The lowest BCUT2D eigenvalue weighted by atomic mass is 10.2. The molecule has 0 spiro atoms. The van der Waals surface area contributed by atoms with Gasteiger partial charge in [-0.25, -0.2) is 9.78 Å². The zero-order chi connectivity index (χ0) is 18.5. The van der Waals surface area contributed by atoms with Gasteiger partial charge in [-0.15, -0.1) is 11.3 Å². The van der Waals surface area contributed by atoms with Crippen molar-refractivity contribution in [3.63, 3.8) is 0 Å². The molecule has 0 fully saturated rings. The maximum absolute atomic E-state index is 12.2. The lowest BCUT2D eigenvalue weighted by Crippen LogP contribution is -2.13. The second kappa shape index (κ2) is 7.97. The van der Waals surface area contributed by atoms with Crippen molar-refractivity contribution in [1.29, 1.82) is 0 Å². The van der Waals surface area contributed by atoms with E-state index in [1.54, 1.807) is 13.0 Å². The van der Waals surface area contributed by atoms with Gasteiger partial charge in [0.25, 0.3) is 0 Å². The number of benzene rings is 1. The summed E-state index contributed by atoms with van der Waals surface area (Å²) in [6.45, 7) is 3.88. The lowest BCUT2D eigenvalue weighted by molar-refractivity contribution is -0.115. The van der Waals surface area contributed by atoms with Gasteiger partial charge in [0.15, 0.2) is 0 Å². The normalized spacial score (nSPS) is 10.5. The van der Waals surface area contributed by atoms with Crippen molar-refractivity contribution >= 4 is 28.2 Å². The van der Waals surface area contributed by atoms with Crippen LogP contribution in [0.4, 0.5) is 5.00 Å². The number of esters is 1. The largest absolute Gasteiger partial charge is 0.462 e. The second-order valence-corrected chi connectivity index (χ2v) is 6.63. The molecule has 26 heavy (non-hydrogen) atoms. The molecule has 6 nitrogen and oxygen atoms in total. The first-order valence-electron chi connectivity index (χ1n) is 8.14. The smallest absolute Gasteiger partial charge is 0.348 e. The molecule has 0 bridgehead atoms. The summed E-state index contributed by atoms with van der Waals surface area (Å²) in [5, 5.41) is 3.39. The molecule has 3 rings (SSSR count). The van der Waals surface area contributed by atoms with Crippen LogP contribution in [0.3, 0.4) is 0 Å². The van der Waals surface area contributed by atoms with Gasteiger partial charge in [-0.1, -0.05) is 18.2 Å². The van der Waals surface area contributed by atoms with E-state index in [2.05, 4.69) is 10.3 Å². The van der Waals surface area contributed by atoms with E-state index in [1.807, 2.05) is 37.3 Å². The van der Waals surface area contributed by atoms with Crippen molar-refractivity contribution < 1.29 is 18.7 Å². The molecule has 0 aliphatic carbocycles. The first-order valence-corrected chi connectivity index (χ1v) is 8.95. The van der Waals surface area contributed by atoms with Crippen LogP contribution in [0.25, 0.3) is 11.5 Å². The summed E-state index contributed by atoms with van der Waals surface area (Å²) in [6.07, 6.45) is 1.56. The molecular weight excluding hydrogens is 352 g/mol. The van der Waals surface area contributed by atoms with Gasteiger partial charge in [-0.2, -0.15) is 0 Å². The molecule has 1 N–H and O–H groups in total. The molecule has 134 valence electrons. The van der Waals surface area contributed by atoms with E-state index in [-0.39, 0.29) is 18.3 Å². The molecule has 2 aromatic heterocycles. The molecule has 0 aliphatic rings. The van der Waals surface area contributed by atoms with Crippen LogP contribution in [0.5, 0.6) is 0 Å². The molecule has 0 radical (unpaired) electrons. The average molecular weight is 370 g/mol. The van der Waals surface area contributed by atoms with E-state index in [0.29, 0.717) is 28.1 Å². The van der Waals surface area contributed by atoms with Gasteiger partial charge in [-0.05, 0) is 37.6 Å². The molecule has 0 aliphatic heterocycles. The van der Waals surface area contributed by atoms with Crippen LogP contribution < -0.4 is 5.32 Å². The number of hydrogen-bond acceptors (Lipinski definition) is 6. The summed E-state index contributed by atoms with van der Waals surface area (Å²) in [5.41, 5.74) is 2.17. The summed E-state index contributed by atoms with van der Waals surface area (Å²) in [4.78, 5) is 28.9. The Labute approximate surface area is 154 Å². The van der Waals surface area contributed by atoms with E-state index in [9.17, 15) is 9.59 Å². The fourth-order valence-corrected chi connectivity index (χ4v) is 3.37. The van der Waals surface area contributed by atoms with E-state index >= 15 is 0 Å². The Morgan fingerprint density at radius 2 is 2.04 bits per heavy atom. The van der Waals surface area contributed by atoms with Gasteiger partial charge in [0.2, 0.25) is 11.8 Å². The number of hydrogen-bond donors (Lipinski definition) is 1. The number of aryl methyl sites for hydroxylation is 1.